The van der Waals surface area contributed by atoms with Gasteiger partial charge in [-0.2, -0.15) is 0 Å². The lowest BCUT2D eigenvalue weighted by Crippen LogP contribution is -1.96. The minimum Gasteiger partial charge on any atom is -0.456 e. The Morgan fingerprint density at radius 3 is 1.83 bits per heavy atom. The Morgan fingerprint density at radius 1 is 0.340 bits per heavy atom. The van der Waals surface area contributed by atoms with Gasteiger partial charge >= 0.3 is 0 Å². The van der Waals surface area contributed by atoms with E-state index >= 15 is 0 Å². The number of nitrogens with zero attached hydrogens (tertiary/aromatic N) is 2. The van der Waals surface area contributed by atoms with Crippen LogP contribution in [0.2, 0.25) is 0 Å². The van der Waals surface area contributed by atoms with Gasteiger partial charge in [-0.05, 0) is 64.7 Å². The highest BCUT2D eigenvalue weighted by Crippen LogP contribution is 2.45. The van der Waals surface area contributed by atoms with Crippen molar-refractivity contribution in [3.8, 4) is 11.4 Å². The zero-order valence-electron chi connectivity index (χ0n) is 25.3. The van der Waals surface area contributed by atoms with Gasteiger partial charge in [0, 0.05) is 49.5 Å². The molecule has 0 N–H and O–H groups in total. The fourth-order valence-corrected chi connectivity index (χ4v) is 8.12. The maximum atomic E-state index is 6.51. The zero-order valence-corrected chi connectivity index (χ0v) is 25.3. The van der Waals surface area contributed by atoms with Crippen molar-refractivity contribution in [1.29, 1.82) is 0 Å². The SMILES string of the molecule is c1ccc(-n2c3ccccc3c3c4c5cc6c(cc5n(-c5cc7ccccc7c7ccccc57)c4ccc32)oc2ccccc26)cc1. The van der Waals surface area contributed by atoms with E-state index < -0.39 is 0 Å². The van der Waals surface area contributed by atoms with Crippen LogP contribution in [-0.2, 0) is 0 Å². The summed E-state index contributed by atoms with van der Waals surface area (Å²) in [6.45, 7) is 0. The van der Waals surface area contributed by atoms with Crippen LogP contribution < -0.4 is 0 Å². The maximum absolute atomic E-state index is 6.51. The molecule has 3 nitrogen and oxygen atoms in total. The van der Waals surface area contributed by atoms with Crippen LogP contribution in [0.25, 0.3) is 98.5 Å². The highest BCUT2D eigenvalue weighted by molar-refractivity contribution is 6.31. The first-order valence-corrected chi connectivity index (χ1v) is 16.1. The van der Waals surface area contributed by atoms with Crippen LogP contribution in [0.5, 0.6) is 0 Å². The van der Waals surface area contributed by atoms with Crippen molar-refractivity contribution in [1.82, 2.24) is 9.13 Å². The summed E-state index contributed by atoms with van der Waals surface area (Å²) in [7, 11) is 0. The Morgan fingerprint density at radius 2 is 0.979 bits per heavy atom. The molecule has 3 heteroatoms. The highest BCUT2D eigenvalue weighted by Gasteiger charge is 2.23. The molecule has 11 rings (SSSR count). The first-order valence-electron chi connectivity index (χ1n) is 16.1. The van der Waals surface area contributed by atoms with Crippen molar-refractivity contribution < 1.29 is 4.42 Å². The fraction of sp³-hybridized carbons (Fsp3) is 0. The molecule has 0 spiro atoms. The van der Waals surface area contributed by atoms with Crippen LogP contribution in [-0.4, -0.2) is 9.13 Å². The summed E-state index contributed by atoms with van der Waals surface area (Å²) in [5.74, 6) is 0. The molecule has 218 valence electrons. The molecule has 0 amide bonds. The molecule has 11 aromatic rings. The first-order chi connectivity index (χ1) is 23.3. The molecule has 0 atom stereocenters. The van der Waals surface area contributed by atoms with Crippen molar-refractivity contribution in [3.05, 3.63) is 158 Å². The van der Waals surface area contributed by atoms with Crippen LogP contribution in [0.3, 0.4) is 0 Å². The van der Waals surface area contributed by atoms with Crippen LogP contribution >= 0.6 is 0 Å². The van der Waals surface area contributed by atoms with Crippen molar-refractivity contribution in [3.63, 3.8) is 0 Å². The summed E-state index contributed by atoms with van der Waals surface area (Å²) < 4.78 is 11.4. The second kappa shape index (κ2) is 9.12. The number of para-hydroxylation sites is 3. The van der Waals surface area contributed by atoms with Crippen molar-refractivity contribution in [2.45, 2.75) is 0 Å². The molecule has 0 aliphatic rings. The molecule has 8 aromatic carbocycles. The summed E-state index contributed by atoms with van der Waals surface area (Å²) in [5, 5.41) is 12.2. The number of hydrogen-bond acceptors (Lipinski definition) is 1. The second-order valence-electron chi connectivity index (χ2n) is 12.5. The third-order valence-corrected chi connectivity index (χ3v) is 10.1. The van der Waals surface area contributed by atoms with Crippen LogP contribution in [0.15, 0.2) is 162 Å². The summed E-state index contributed by atoms with van der Waals surface area (Å²) in [5.41, 5.74) is 8.85. The number of benzene rings is 8. The quantitative estimate of drug-likeness (QED) is 0.182. The van der Waals surface area contributed by atoms with Crippen LogP contribution in [0, 0.1) is 0 Å². The molecule has 0 unspecified atom stereocenters. The molecule has 0 saturated carbocycles. The molecule has 3 aromatic heterocycles. The number of hydrogen-bond donors (Lipinski definition) is 0. The van der Waals surface area contributed by atoms with E-state index in [2.05, 4.69) is 161 Å². The van der Waals surface area contributed by atoms with Crippen molar-refractivity contribution >= 4 is 87.1 Å². The van der Waals surface area contributed by atoms with E-state index in [1.165, 1.54) is 65.3 Å². The van der Waals surface area contributed by atoms with Gasteiger partial charge in [0.2, 0.25) is 0 Å². The minimum atomic E-state index is 0.899. The normalized spacial score (nSPS) is 12.3. The van der Waals surface area contributed by atoms with E-state index in [0.29, 0.717) is 0 Å². The Balaban J connectivity index is 1.40. The molecule has 0 radical (unpaired) electrons. The third-order valence-electron chi connectivity index (χ3n) is 10.1. The predicted molar refractivity (Wildman–Crippen MR) is 197 cm³/mol. The summed E-state index contributed by atoms with van der Waals surface area (Å²) >= 11 is 0. The lowest BCUT2D eigenvalue weighted by Gasteiger charge is -2.14. The molecule has 0 saturated heterocycles. The Kier molecular flexibility index (Phi) is 4.84. The zero-order chi connectivity index (χ0) is 30.6. The van der Waals surface area contributed by atoms with E-state index in [4.69, 9.17) is 4.42 Å². The smallest absolute Gasteiger partial charge is 0.137 e. The van der Waals surface area contributed by atoms with Gasteiger partial charge in [-0.15, -0.1) is 0 Å². The molecule has 0 fully saturated rings. The monoisotopic (exact) mass is 598 g/mol. The van der Waals surface area contributed by atoms with E-state index in [-0.39, 0.29) is 0 Å². The average molecular weight is 599 g/mol. The topological polar surface area (TPSA) is 23.0 Å². The van der Waals surface area contributed by atoms with Gasteiger partial charge in [0.1, 0.15) is 11.2 Å². The summed E-state index contributed by atoms with van der Waals surface area (Å²) in [6, 6.07) is 57.0. The Hall–Kier alpha value is -6.32. The fourth-order valence-electron chi connectivity index (χ4n) is 8.12. The van der Waals surface area contributed by atoms with Gasteiger partial charge in [0.25, 0.3) is 0 Å². The number of rotatable bonds is 2. The maximum Gasteiger partial charge on any atom is 0.137 e. The number of fused-ring (bicyclic) bond motifs is 13. The molecular weight excluding hydrogens is 572 g/mol. The lowest BCUT2D eigenvalue weighted by molar-refractivity contribution is 0.669. The number of furan rings is 1. The predicted octanol–water partition coefficient (Wildman–Crippen LogP) is 12.1. The van der Waals surface area contributed by atoms with Crippen molar-refractivity contribution in [2.75, 3.05) is 0 Å². The number of aromatic nitrogens is 2. The van der Waals surface area contributed by atoms with Crippen molar-refractivity contribution in [2.24, 2.45) is 0 Å². The minimum absolute atomic E-state index is 0.899. The van der Waals surface area contributed by atoms with Crippen LogP contribution in [0.4, 0.5) is 0 Å². The largest absolute Gasteiger partial charge is 0.456 e. The standard InChI is InChI=1S/C44H26N2O/c1-2-13-28(14-3-1)45-36-20-10-8-19-33(36)43-37(45)22-23-38-44(43)35-25-34-32-18-9-11-21-41(32)47-42(34)26-40(35)46(38)39-24-27-12-4-5-15-29(27)30-16-6-7-17-31(30)39/h1-26H. The summed E-state index contributed by atoms with van der Waals surface area (Å²) in [4.78, 5) is 0. The molecular formula is C44H26N2O. The van der Waals surface area contributed by atoms with E-state index in [1.807, 2.05) is 6.07 Å². The molecule has 47 heavy (non-hydrogen) atoms. The van der Waals surface area contributed by atoms with E-state index in [0.717, 1.165) is 33.1 Å². The van der Waals surface area contributed by atoms with Gasteiger partial charge < -0.3 is 13.6 Å². The second-order valence-corrected chi connectivity index (χ2v) is 12.5. The molecule has 0 bridgehead atoms. The van der Waals surface area contributed by atoms with Gasteiger partial charge in [-0.1, -0.05) is 103 Å². The average Bonchev–Trinajstić information content (AvgIpc) is 3.77. The van der Waals surface area contributed by atoms with E-state index in [9.17, 15) is 0 Å². The molecule has 0 aliphatic heterocycles. The third kappa shape index (κ3) is 3.30. The summed E-state index contributed by atoms with van der Waals surface area (Å²) in [6.07, 6.45) is 0. The molecule has 0 aliphatic carbocycles. The first kappa shape index (κ1) is 24.9. The van der Waals surface area contributed by atoms with Crippen LogP contribution in [0.1, 0.15) is 0 Å². The highest BCUT2D eigenvalue weighted by atomic mass is 16.3. The van der Waals surface area contributed by atoms with E-state index in [1.54, 1.807) is 0 Å². The Bertz CT molecular complexity index is 3070. The molecule has 3 heterocycles. The lowest BCUT2D eigenvalue weighted by atomic mass is 10.00. The van der Waals surface area contributed by atoms with Gasteiger partial charge in [0.05, 0.1) is 27.8 Å². The van der Waals surface area contributed by atoms with Gasteiger partial charge in [-0.25, -0.2) is 0 Å². The van der Waals surface area contributed by atoms with Gasteiger partial charge in [0.15, 0.2) is 0 Å². The Labute approximate surface area is 269 Å². The van der Waals surface area contributed by atoms with Gasteiger partial charge in [-0.3, -0.25) is 0 Å².